The number of nitrogens with two attached hydrogens (primary N) is 1. The van der Waals surface area contributed by atoms with Gasteiger partial charge >= 0.3 is 0 Å². The van der Waals surface area contributed by atoms with Crippen LogP contribution >= 0.6 is 24.8 Å². The average Bonchev–Trinajstić information content (AvgIpc) is 3.17. The topological polar surface area (TPSA) is 62.5 Å². The highest BCUT2D eigenvalue weighted by atomic mass is 35.5. The van der Waals surface area contributed by atoms with Crippen LogP contribution in [0.4, 0.5) is 5.82 Å². The number of anilines is 1. The molecule has 0 aliphatic carbocycles. The minimum atomic E-state index is 0. The number of halogens is 2. The van der Waals surface area contributed by atoms with E-state index in [2.05, 4.69) is 9.88 Å². The molecular formula is C15H24Cl2N4O. The SMILES string of the molecule is Cl.Cl.NCC1CCCN1C(=O)c1ccc(N2CCCC2)nc1. The smallest absolute Gasteiger partial charge is 0.255 e. The summed E-state index contributed by atoms with van der Waals surface area (Å²) in [5.74, 6) is 1.05. The first-order valence-electron chi connectivity index (χ1n) is 7.51. The largest absolute Gasteiger partial charge is 0.357 e. The molecule has 2 aliphatic rings. The van der Waals surface area contributed by atoms with Crippen molar-refractivity contribution in [1.82, 2.24) is 9.88 Å². The predicted octanol–water partition coefficient (Wildman–Crippen LogP) is 2.09. The Morgan fingerprint density at radius 2 is 1.91 bits per heavy atom. The molecule has 1 unspecified atom stereocenters. The van der Waals surface area contributed by atoms with E-state index < -0.39 is 0 Å². The van der Waals surface area contributed by atoms with E-state index in [1.165, 1.54) is 12.8 Å². The molecule has 3 heterocycles. The number of pyridine rings is 1. The molecule has 7 heteroatoms. The molecule has 5 nitrogen and oxygen atoms in total. The summed E-state index contributed by atoms with van der Waals surface area (Å²) in [6.45, 7) is 3.50. The lowest BCUT2D eigenvalue weighted by Crippen LogP contribution is -2.39. The lowest BCUT2D eigenvalue weighted by Gasteiger charge is -2.23. The number of nitrogens with zero attached hydrogens (tertiary/aromatic N) is 3. The van der Waals surface area contributed by atoms with Gasteiger partial charge in [-0.15, -0.1) is 24.8 Å². The van der Waals surface area contributed by atoms with Crippen LogP contribution in [0.5, 0.6) is 0 Å². The number of aromatic nitrogens is 1. The molecule has 0 spiro atoms. The number of rotatable bonds is 3. The lowest BCUT2D eigenvalue weighted by atomic mass is 10.2. The van der Waals surface area contributed by atoms with E-state index in [0.29, 0.717) is 12.1 Å². The normalized spacial score (nSPS) is 20.5. The van der Waals surface area contributed by atoms with E-state index in [9.17, 15) is 4.79 Å². The molecule has 124 valence electrons. The molecule has 1 amide bonds. The summed E-state index contributed by atoms with van der Waals surface area (Å²) in [5, 5.41) is 0. The van der Waals surface area contributed by atoms with Gasteiger partial charge in [0.2, 0.25) is 0 Å². The maximum absolute atomic E-state index is 12.5. The quantitative estimate of drug-likeness (QED) is 0.910. The number of hydrogen-bond acceptors (Lipinski definition) is 4. The summed E-state index contributed by atoms with van der Waals surface area (Å²) >= 11 is 0. The molecule has 2 saturated heterocycles. The van der Waals surface area contributed by atoms with Gasteiger partial charge in [0.15, 0.2) is 0 Å². The first-order valence-corrected chi connectivity index (χ1v) is 7.51. The third-order valence-electron chi connectivity index (χ3n) is 4.33. The Morgan fingerprint density at radius 3 is 2.50 bits per heavy atom. The molecule has 1 aromatic rings. The van der Waals surface area contributed by atoms with E-state index in [-0.39, 0.29) is 36.8 Å². The number of amides is 1. The molecule has 1 aromatic heterocycles. The number of carbonyl (C=O) groups is 1. The standard InChI is InChI=1S/C15H22N4O.2ClH/c16-10-13-4-3-9-19(13)15(20)12-5-6-14(17-11-12)18-7-1-2-8-18;;/h5-6,11,13H,1-4,7-10,16H2;2*1H. The van der Waals surface area contributed by atoms with Crippen molar-refractivity contribution in [2.24, 2.45) is 5.73 Å². The summed E-state index contributed by atoms with van der Waals surface area (Å²) in [4.78, 5) is 21.1. The predicted molar refractivity (Wildman–Crippen MR) is 93.3 cm³/mol. The molecule has 0 radical (unpaired) electrons. The number of likely N-dealkylation sites (tertiary alicyclic amines) is 1. The third kappa shape index (κ3) is 3.83. The van der Waals surface area contributed by atoms with Crippen LogP contribution < -0.4 is 10.6 Å². The molecule has 2 aliphatic heterocycles. The van der Waals surface area contributed by atoms with Gasteiger partial charge < -0.3 is 15.5 Å². The Labute approximate surface area is 144 Å². The zero-order valence-corrected chi connectivity index (χ0v) is 14.2. The van der Waals surface area contributed by atoms with Gasteiger partial charge in [-0.25, -0.2) is 4.98 Å². The summed E-state index contributed by atoms with van der Waals surface area (Å²) in [6.07, 6.45) is 6.24. The van der Waals surface area contributed by atoms with Gasteiger partial charge in [-0.2, -0.15) is 0 Å². The average molecular weight is 347 g/mol. The number of hydrogen-bond donors (Lipinski definition) is 1. The highest BCUT2D eigenvalue weighted by molar-refractivity contribution is 5.94. The van der Waals surface area contributed by atoms with Crippen LogP contribution in [0.15, 0.2) is 18.3 Å². The van der Waals surface area contributed by atoms with Gasteiger partial charge in [0, 0.05) is 38.4 Å². The Morgan fingerprint density at radius 1 is 1.18 bits per heavy atom. The lowest BCUT2D eigenvalue weighted by molar-refractivity contribution is 0.0741. The van der Waals surface area contributed by atoms with Gasteiger partial charge in [0.1, 0.15) is 5.82 Å². The summed E-state index contributed by atoms with van der Waals surface area (Å²) < 4.78 is 0. The van der Waals surface area contributed by atoms with Crippen molar-refractivity contribution in [3.63, 3.8) is 0 Å². The van der Waals surface area contributed by atoms with Crippen LogP contribution in [-0.2, 0) is 0 Å². The zero-order chi connectivity index (χ0) is 13.9. The Kier molecular flexibility index (Phi) is 7.39. The van der Waals surface area contributed by atoms with Crippen molar-refractivity contribution in [1.29, 1.82) is 0 Å². The fourth-order valence-corrected chi connectivity index (χ4v) is 3.16. The summed E-state index contributed by atoms with van der Waals surface area (Å²) in [7, 11) is 0. The second-order valence-electron chi connectivity index (χ2n) is 5.63. The van der Waals surface area contributed by atoms with Crippen molar-refractivity contribution in [3.05, 3.63) is 23.9 Å². The highest BCUT2D eigenvalue weighted by Crippen LogP contribution is 2.21. The van der Waals surface area contributed by atoms with Crippen LogP contribution in [0.1, 0.15) is 36.0 Å². The van der Waals surface area contributed by atoms with Crippen LogP contribution in [0.2, 0.25) is 0 Å². The fourth-order valence-electron chi connectivity index (χ4n) is 3.16. The fraction of sp³-hybridized carbons (Fsp3) is 0.600. The summed E-state index contributed by atoms with van der Waals surface area (Å²) in [5.41, 5.74) is 6.41. The second kappa shape index (κ2) is 8.56. The van der Waals surface area contributed by atoms with E-state index >= 15 is 0 Å². The van der Waals surface area contributed by atoms with E-state index in [1.54, 1.807) is 6.20 Å². The van der Waals surface area contributed by atoms with Crippen molar-refractivity contribution >= 4 is 36.5 Å². The minimum absolute atomic E-state index is 0. The Bertz CT molecular complexity index is 477. The Balaban J connectivity index is 0.00000121. The molecular weight excluding hydrogens is 323 g/mol. The molecule has 22 heavy (non-hydrogen) atoms. The van der Waals surface area contributed by atoms with Crippen molar-refractivity contribution in [2.75, 3.05) is 31.1 Å². The van der Waals surface area contributed by atoms with Gasteiger partial charge in [0.05, 0.1) is 5.56 Å². The summed E-state index contributed by atoms with van der Waals surface area (Å²) in [6, 6.07) is 4.06. The molecule has 3 rings (SSSR count). The van der Waals surface area contributed by atoms with Crippen LogP contribution in [0, 0.1) is 0 Å². The van der Waals surface area contributed by atoms with Crippen LogP contribution in [0.3, 0.4) is 0 Å². The molecule has 1 atom stereocenters. The first-order chi connectivity index (χ1) is 9.79. The van der Waals surface area contributed by atoms with Gasteiger partial charge in [0.25, 0.3) is 5.91 Å². The van der Waals surface area contributed by atoms with E-state index in [0.717, 1.165) is 38.3 Å². The van der Waals surface area contributed by atoms with Crippen molar-refractivity contribution < 1.29 is 4.79 Å². The Hall–Kier alpha value is -1.04. The second-order valence-corrected chi connectivity index (χ2v) is 5.63. The van der Waals surface area contributed by atoms with Gasteiger partial charge in [-0.3, -0.25) is 4.79 Å². The maximum Gasteiger partial charge on any atom is 0.255 e. The van der Waals surface area contributed by atoms with Gasteiger partial charge in [-0.1, -0.05) is 0 Å². The van der Waals surface area contributed by atoms with E-state index in [1.807, 2.05) is 17.0 Å². The molecule has 2 fully saturated rings. The monoisotopic (exact) mass is 346 g/mol. The minimum Gasteiger partial charge on any atom is -0.357 e. The third-order valence-corrected chi connectivity index (χ3v) is 4.33. The van der Waals surface area contributed by atoms with E-state index in [4.69, 9.17) is 5.73 Å². The van der Waals surface area contributed by atoms with Crippen molar-refractivity contribution in [3.8, 4) is 0 Å². The highest BCUT2D eigenvalue weighted by Gasteiger charge is 2.28. The molecule has 0 saturated carbocycles. The van der Waals surface area contributed by atoms with Crippen LogP contribution in [0.25, 0.3) is 0 Å². The molecule has 0 bridgehead atoms. The first kappa shape index (κ1) is 19.0. The number of carbonyl (C=O) groups excluding carboxylic acids is 1. The maximum atomic E-state index is 12.5. The van der Waals surface area contributed by atoms with Gasteiger partial charge in [-0.05, 0) is 37.8 Å². The van der Waals surface area contributed by atoms with Crippen molar-refractivity contribution in [2.45, 2.75) is 31.7 Å². The zero-order valence-electron chi connectivity index (χ0n) is 12.6. The molecule has 2 N–H and O–H groups in total. The van der Waals surface area contributed by atoms with Crippen LogP contribution in [-0.4, -0.2) is 48.0 Å². The molecule has 0 aromatic carbocycles.